The molecule has 2 aromatic carbocycles. The van der Waals surface area contributed by atoms with Gasteiger partial charge in [-0.3, -0.25) is 24.0 Å². The minimum absolute atomic E-state index is 0.0106. The number of rotatable bonds is 13. The topological polar surface area (TPSA) is 139 Å². The maximum atomic E-state index is 13.8. The fraction of sp³-hybridized carbons (Fsp3) is 0.440. The van der Waals surface area contributed by atoms with Gasteiger partial charge in [-0.25, -0.2) is 8.42 Å². The van der Waals surface area contributed by atoms with E-state index in [1.54, 1.807) is 25.1 Å². The lowest BCUT2D eigenvalue weighted by Gasteiger charge is -2.33. The fourth-order valence-electron chi connectivity index (χ4n) is 3.78. The van der Waals surface area contributed by atoms with Crippen molar-refractivity contribution in [2.45, 2.75) is 52.2 Å². The predicted octanol–water partition coefficient (Wildman–Crippen LogP) is 4.40. The van der Waals surface area contributed by atoms with Crippen molar-refractivity contribution in [3.05, 3.63) is 62.1 Å². The second-order valence-electron chi connectivity index (χ2n) is 8.89. The largest absolute Gasteiger partial charge is 0.495 e. The first-order valence-electron chi connectivity index (χ1n) is 12.1. The van der Waals surface area contributed by atoms with E-state index >= 15 is 0 Å². The zero-order valence-corrected chi connectivity index (χ0v) is 24.6. The molecule has 14 heteroatoms. The number of nitrogens with zero attached hydrogens (tertiary/aromatic N) is 3. The Bertz CT molecular complexity index is 1320. The smallest absolute Gasteiger partial charge is 0.271 e. The van der Waals surface area contributed by atoms with Crippen LogP contribution in [-0.2, 0) is 26.2 Å². The number of nitro groups is 1. The summed E-state index contributed by atoms with van der Waals surface area (Å²) in [6.45, 7) is 4.64. The number of ether oxygens (including phenoxy) is 1. The minimum Gasteiger partial charge on any atom is -0.495 e. The Morgan fingerprint density at radius 2 is 1.77 bits per heavy atom. The van der Waals surface area contributed by atoms with E-state index in [1.807, 2.05) is 13.8 Å². The Kier molecular flexibility index (Phi) is 11.4. The molecule has 0 aliphatic heterocycles. The van der Waals surface area contributed by atoms with E-state index in [0.29, 0.717) is 17.0 Å². The molecule has 0 saturated heterocycles. The van der Waals surface area contributed by atoms with Gasteiger partial charge >= 0.3 is 0 Å². The molecule has 2 amide bonds. The van der Waals surface area contributed by atoms with E-state index in [2.05, 4.69) is 5.32 Å². The van der Waals surface area contributed by atoms with Gasteiger partial charge in [0.1, 0.15) is 24.0 Å². The van der Waals surface area contributed by atoms with Crippen molar-refractivity contribution in [3.8, 4) is 5.75 Å². The third-order valence-corrected chi connectivity index (χ3v) is 7.91. The van der Waals surface area contributed by atoms with Crippen LogP contribution in [0.25, 0.3) is 0 Å². The number of benzene rings is 2. The first-order chi connectivity index (χ1) is 18.2. The summed E-state index contributed by atoms with van der Waals surface area (Å²) in [6, 6.07) is 7.07. The van der Waals surface area contributed by atoms with E-state index in [-0.39, 0.29) is 41.2 Å². The Hall–Kier alpha value is -3.09. The molecule has 0 fully saturated rings. The molecule has 0 unspecified atom stereocenters. The van der Waals surface area contributed by atoms with E-state index in [0.717, 1.165) is 22.7 Å². The molecule has 1 N–H and O–H groups in total. The van der Waals surface area contributed by atoms with Crippen molar-refractivity contribution in [1.29, 1.82) is 0 Å². The van der Waals surface area contributed by atoms with E-state index in [9.17, 15) is 28.1 Å². The Balaban J connectivity index is 2.58. The van der Waals surface area contributed by atoms with Crippen molar-refractivity contribution < 1.29 is 27.7 Å². The van der Waals surface area contributed by atoms with Crippen molar-refractivity contribution in [2.75, 3.05) is 24.2 Å². The summed E-state index contributed by atoms with van der Waals surface area (Å²) in [7, 11) is -2.86. The Morgan fingerprint density at radius 1 is 1.10 bits per heavy atom. The highest BCUT2D eigenvalue weighted by Gasteiger charge is 2.33. The highest BCUT2D eigenvalue weighted by atomic mass is 35.5. The zero-order chi connectivity index (χ0) is 29.5. The number of sulfonamides is 1. The second kappa shape index (κ2) is 13.8. The lowest BCUT2D eigenvalue weighted by Crippen LogP contribution is -2.53. The summed E-state index contributed by atoms with van der Waals surface area (Å²) in [5, 5.41) is 14.8. The van der Waals surface area contributed by atoms with E-state index < -0.39 is 39.3 Å². The maximum Gasteiger partial charge on any atom is 0.271 e. The molecule has 0 aliphatic rings. The highest BCUT2D eigenvalue weighted by Crippen LogP contribution is 2.34. The molecular weight excluding hydrogens is 571 g/mol. The molecule has 0 aliphatic carbocycles. The van der Waals surface area contributed by atoms with Gasteiger partial charge in [0.15, 0.2) is 0 Å². The Morgan fingerprint density at radius 3 is 2.28 bits per heavy atom. The second-order valence-corrected chi connectivity index (χ2v) is 11.6. The molecule has 0 radical (unpaired) electrons. The van der Waals surface area contributed by atoms with Crippen molar-refractivity contribution in [3.63, 3.8) is 0 Å². The van der Waals surface area contributed by atoms with Crippen molar-refractivity contribution in [1.82, 2.24) is 10.2 Å². The highest BCUT2D eigenvalue weighted by molar-refractivity contribution is 7.92. The number of methoxy groups -OCH3 is 1. The number of nitrogens with one attached hydrogen (secondary N) is 1. The van der Waals surface area contributed by atoms with Crippen LogP contribution < -0.4 is 14.4 Å². The normalized spacial score (nSPS) is 12.8. The molecule has 2 atom stereocenters. The van der Waals surface area contributed by atoms with Crippen LogP contribution in [-0.4, -0.2) is 62.0 Å². The van der Waals surface area contributed by atoms with Gasteiger partial charge in [0, 0.05) is 24.7 Å². The van der Waals surface area contributed by atoms with Crippen LogP contribution in [0, 0.1) is 10.1 Å². The van der Waals surface area contributed by atoms with Crippen LogP contribution in [0.15, 0.2) is 36.4 Å². The summed E-state index contributed by atoms with van der Waals surface area (Å²) in [6.07, 6.45) is 1.76. The third-order valence-electron chi connectivity index (χ3n) is 6.05. The number of carbonyl (C=O) groups is 2. The summed E-state index contributed by atoms with van der Waals surface area (Å²) in [4.78, 5) is 39.0. The molecule has 0 spiro atoms. The van der Waals surface area contributed by atoms with Gasteiger partial charge < -0.3 is 15.0 Å². The summed E-state index contributed by atoms with van der Waals surface area (Å²) in [5.41, 5.74) is -0.0144. The quantitative estimate of drug-likeness (QED) is 0.265. The molecule has 2 rings (SSSR count). The summed E-state index contributed by atoms with van der Waals surface area (Å²) in [5.74, 6) is -1.11. The van der Waals surface area contributed by atoms with Gasteiger partial charge in [0.05, 0.1) is 28.3 Å². The van der Waals surface area contributed by atoms with Gasteiger partial charge in [0.2, 0.25) is 21.8 Å². The molecule has 2 aromatic rings. The van der Waals surface area contributed by atoms with Crippen LogP contribution in [0.1, 0.15) is 39.2 Å². The average molecular weight is 604 g/mol. The standard InChI is InChI=1S/C25H32Cl2N4O7S/c1-6-16(3)28-25(33)21(7-2)29(14-17-8-10-19(26)20(27)12-17)24(32)15-30(39(5,36)37)22-13-18(31(34)35)9-11-23(22)38-4/h8-13,16,21H,6-7,14-15H2,1-5H3,(H,28,33)/t16-,21+/m0/s1. The average Bonchev–Trinajstić information content (AvgIpc) is 2.87. The van der Waals surface area contributed by atoms with Crippen molar-refractivity contribution >= 4 is 56.4 Å². The molecule has 0 heterocycles. The zero-order valence-electron chi connectivity index (χ0n) is 22.3. The first kappa shape index (κ1) is 32.1. The molecular formula is C25H32Cl2N4O7S. The number of halogens is 2. The monoisotopic (exact) mass is 602 g/mol. The lowest BCUT2D eigenvalue weighted by molar-refractivity contribution is -0.384. The van der Waals surface area contributed by atoms with E-state index in [1.165, 1.54) is 18.1 Å². The van der Waals surface area contributed by atoms with Crippen molar-refractivity contribution in [2.24, 2.45) is 0 Å². The van der Waals surface area contributed by atoms with Gasteiger partial charge in [0.25, 0.3) is 5.69 Å². The van der Waals surface area contributed by atoms with Crippen LogP contribution in [0.3, 0.4) is 0 Å². The molecule has 0 saturated carbocycles. The van der Waals surface area contributed by atoms with Gasteiger partial charge in [-0.05, 0) is 43.5 Å². The minimum atomic E-state index is -4.14. The molecule has 214 valence electrons. The van der Waals surface area contributed by atoms with Crippen LogP contribution in [0.5, 0.6) is 5.75 Å². The SMILES string of the molecule is CC[C@H](C(=O)N[C@@H](C)CC)N(Cc1ccc(Cl)c(Cl)c1)C(=O)CN(c1cc([N+](=O)[O-])ccc1OC)S(C)(=O)=O. The molecule has 0 bridgehead atoms. The lowest BCUT2D eigenvalue weighted by atomic mass is 10.1. The number of amides is 2. The van der Waals surface area contributed by atoms with Crippen LogP contribution in [0.2, 0.25) is 10.0 Å². The molecule has 39 heavy (non-hydrogen) atoms. The summed E-state index contributed by atoms with van der Waals surface area (Å²) < 4.78 is 31.7. The fourth-order valence-corrected chi connectivity index (χ4v) is 4.94. The van der Waals surface area contributed by atoms with E-state index in [4.69, 9.17) is 27.9 Å². The van der Waals surface area contributed by atoms with Gasteiger partial charge in [-0.2, -0.15) is 0 Å². The Labute approximate surface area is 238 Å². The summed E-state index contributed by atoms with van der Waals surface area (Å²) >= 11 is 12.2. The molecule has 11 nitrogen and oxygen atoms in total. The van der Waals surface area contributed by atoms with Crippen LogP contribution in [0.4, 0.5) is 11.4 Å². The molecule has 0 aromatic heterocycles. The third kappa shape index (κ3) is 8.45. The number of nitro benzene ring substituents is 1. The predicted molar refractivity (Wildman–Crippen MR) is 151 cm³/mol. The van der Waals surface area contributed by atoms with Gasteiger partial charge in [-0.1, -0.05) is 43.1 Å². The maximum absolute atomic E-state index is 13.8. The van der Waals surface area contributed by atoms with Gasteiger partial charge in [-0.15, -0.1) is 0 Å². The number of carbonyl (C=O) groups excluding carboxylic acids is 2. The number of hydrogen-bond donors (Lipinski definition) is 1. The number of hydrogen-bond acceptors (Lipinski definition) is 7. The number of non-ortho nitro benzene ring substituents is 1. The number of anilines is 1. The van der Waals surface area contributed by atoms with Crippen LogP contribution >= 0.6 is 23.2 Å². The first-order valence-corrected chi connectivity index (χ1v) is 14.7.